The third-order valence-electron chi connectivity index (χ3n) is 5.17. The molecule has 1 aliphatic rings. The van der Waals surface area contributed by atoms with Gasteiger partial charge in [0.05, 0.1) is 18.8 Å². The van der Waals surface area contributed by atoms with Crippen LogP contribution in [0, 0.1) is 19.3 Å². The van der Waals surface area contributed by atoms with E-state index in [1.807, 2.05) is 43.3 Å². The van der Waals surface area contributed by atoms with Crippen LogP contribution in [0.2, 0.25) is 0 Å². The van der Waals surface area contributed by atoms with E-state index < -0.39 is 0 Å². The molecule has 0 aromatic heterocycles. The SMILES string of the molecule is C#CCN(Cc1ccc(C)cc1)C(=O)c1ccc(CN2CC(C)OC(C)C2)cc1. The smallest absolute Gasteiger partial charge is 0.254 e. The van der Waals surface area contributed by atoms with Crippen LogP contribution in [0.4, 0.5) is 0 Å². The van der Waals surface area contributed by atoms with Gasteiger partial charge in [0.25, 0.3) is 5.91 Å². The maximum absolute atomic E-state index is 13.0. The molecule has 1 saturated heterocycles. The van der Waals surface area contributed by atoms with Crippen LogP contribution >= 0.6 is 0 Å². The van der Waals surface area contributed by atoms with Crippen molar-refractivity contribution in [3.63, 3.8) is 0 Å². The zero-order valence-corrected chi connectivity index (χ0v) is 17.6. The molecule has 4 nitrogen and oxygen atoms in total. The normalized spacial score (nSPS) is 19.5. The summed E-state index contributed by atoms with van der Waals surface area (Å²) >= 11 is 0. The second kappa shape index (κ2) is 9.73. The number of hydrogen-bond acceptors (Lipinski definition) is 3. The zero-order chi connectivity index (χ0) is 20.8. The summed E-state index contributed by atoms with van der Waals surface area (Å²) in [5, 5.41) is 0. The van der Waals surface area contributed by atoms with Crippen molar-refractivity contribution in [2.75, 3.05) is 19.6 Å². The Morgan fingerprint density at radius 2 is 1.66 bits per heavy atom. The standard InChI is InChI=1S/C25H30N2O2/c1-5-14-27(18-23-8-6-19(2)7-9-23)25(28)24-12-10-22(11-13-24)17-26-15-20(3)29-21(4)16-26/h1,6-13,20-21H,14-18H2,2-4H3. The number of rotatable bonds is 6. The van der Waals surface area contributed by atoms with E-state index in [9.17, 15) is 4.79 Å². The minimum absolute atomic E-state index is 0.0382. The van der Waals surface area contributed by atoms with E-state index >= 15 is 0 Å². The Balaban J connectivity index is 1.65. The molecule has 29 heavy (non-hydrogen) atoms. The number of hydrogen-bond donors (Lipinski definition) is 0. The van der Waals surface area contributed by atoms with Gasteiger partial charge in [-0.25, -0.2) is 0 Å². The summed E-state index contributed by atoms with van der Waals surface area (Å²) in [7, 11) is 0. The molecule has 0 saturated carbocycles. The van der Waals surface area contributed by atoms with Crippen LogP contribution in [0.3, 0.4) is 0 Å². The zero-order valence-electron chi connectivity index (χ0n) is 17.6. The molecule has 152 valence electrons. The Bertz CT molecular complexity index is 842. The highest BCUT2D eigenvalue weighted by Gasteiger charge is 2.22. The van der Waals surface area contributed by atoms with Gasteiger partial charge >= 0.3 is 0 Å². The number of ether oxygens (including phenoxy) is 1. The molecule has 1 fully saturated rings. The van der Waals surface area contributed by atoms with E-state index in [2.05, 4.69) is 36.8 Å². The summed E-state index contributed by atoms with van der Waals surface area (Å²) in [5.41, 5.74) is 4.14. The van der Waals surface area contributed by atoms with Crippen molar-refractivity contribution in [1.29, 1.82) is 0 Å². The third-order valence-corrected chi connectivity index (χ3v) is 5.17. The summed E-state index contributed by atoms with van der Waals surface area (Å²) in [6, 6.07) is 16.1. The highest BCUT2D eigenvalue weighted by Crippen LogP contribution is 2.16. The molecule has 0 radical (unpaired) electrons. The maximum atomic E-state index is 13.0. The second-order valence-corrected chi connectivity index (χ2v) is 8.00. The minimum Gasteiger partial charge on any atom is -0.373 e. The highest BCUT2D eigenvalue weighted by molar-refractivity contribution is 5.94. The van der Waals surface area contributed by atoms with Crippen molar-refractivity contribution < 1.29 is 9.53 Å². The Morgan fingerprint density at radius 1 is 1.07 bits per heavy atom. The van der Waals surface area contributed by atoms with E-state index in [4.69, 9.17) is 11.2 Å². The number of aryl methyl sites for hydroxylation is 1. The van der Waals surface area contributed by atoms with Gasteiger partial charge in [0.15, 0.2) is 0 Å². The molecule has 1 aliphatic heterocycles. The van der Waals surface area contributed by atoms with E-state index in [1.165, 1.54) is 11.1 Å². The average molecular weight is 391 g/mol. The van der Waals surface area contributed by atoms with Gasteiger partial charge in [-0.2, -0.15) is 0 Å². The quantitative estimate of drug-likeness (QED) is 0.702. The molecular formula is C25H30N2O2. The van der Waals surface area contributed by atoms with E-state index in [1.54, 1.807) is 4.90 Å². The summed E-state index contributed by atoms with van der Waals surface area (Å²) in [6.45, 7) is 9.79. The average Bonchev–Trinajstić information content (AvgIpc) is 2.68. The minimum atomic E-state index is -0.0382. The summed E-state index contributed by atoms with van der Waals surface area (Å²) < 4.78 is 5.80. The molecule has 0 aliphatic carbocycles. The van der Waals surface area contributed by atoms with Crippen LogP contribution in [0.15, 0.2) is 48.5 Å². The van der Waals surface area contributed by atoms with Gasteiger partial charge in [-0.1, -0.05) is 47.9 Å². The van der Waals surface area contributed by atoms with Gasteiger partial charge in [-0.3, -0.25) is 9.69 Å². The predicted molar refractivity (Wildman–Crippen MR) is 116 cm³/mol. The Labute approximate surface area is 174 Å². The fourth-order valence-electron chi connectivity index (χ4n) is 3.83. The van der Waals surface area contributed by atoms with Crippen molar-refractivity contribution >= 4 is 5.91 Å². The lowest BCUT2D eigenvalue weighted by Gasteiger charge is -2.35. The lowest BCUT2D eigenvalue weighted by molar-refractivity contribution is -0.0704. The Hall–Kier alpha value is -2.61. The van der Waals surface area contributed by atoms with Crippen molar-refractivity contribution in [2.45, 2.75) is 46.1 Å². The van der Waals surface area contributed by atoms with Crippen LogP contribution in [0.5, 0.6) is 0 Å². The third kappa shape index (κ3) is 5.93. The first-order valence-electron chi connectivity index (χ1n) is 10.2. The lowest BCUT2D eigenvalue weighted by Crippen LogP contribution is -2.44. The molecule has 0 spiro atoms. The fourth-order valence-corrected chi connectivity index (χ4v) is 3.83. The van der Waals surface area contributed by atoms with Crippen molar-refractivity contribution in [3.05, 3.63) is 70.8 Å². The van der Waals surface area contributed by atoms with Gasteiger partial charge in [0, 0.05) is 31.7 Å². The largest absolute Gasteiger partial charge is 0.373 e. The number of amides is 1. The second-order valence-electron chi connectivity index (χ2n) is 8.00. The molecule has 2 atom stereocenters. The number of terminal acetylenes is 1. The van der Waals surface area contributed by atoms with Crippen LogP contribution < -0.4 is 0 Å². The van der Waals surface area contributed by atoms with Gasteiger partial charge < -0.3 is 9.64 Å². The number of nitrogens with zero attached hydrogens (tertiary/aromatic N) is 2. The molecule has 0 N–H and O–H groups in total. The van der Waals surface area contributed by atoms with Crippen molar-refractivity contribution in [1.82, 2.24) is 9.80 Å². The first-order chi connectivity index (χ1) is 13.9. The topological polar surface area (TPSA) is 32.8 Å². The maximum Gasteiger partial charge on any atom is 0.254 e. The lowest BCUT2D eigenvalue weighted by atomic mass is 10.1. The van der Waals surface area contributed by atoms with E-state index in [0.29, 0.717) is 12.1 Å². The molecular weight excluding hydrogens is 360 g/mol. The molecule has 2 unspecified atom stereocenters. The molecule has 3 rings (SSSR count). The highest BCUT2D eigenvalue weighted by atomic mass is 16.5. The Morgan fingerprint density at radius 3 is 2.24 bits per heavy atom. The van der Waals surface area contributed by atoms with Crippen molar-refractivity contribution in [2.24, 2.45) is 0 Å². The number of morpholine rings is 1. The summed E-state index contributed by atoms with van der Waals surface area (Å²) in [6.07, 6.45) is 6.01. The predicted octanol–water partition coefficient (Wildman–Crippen LogP) is 3.88. The number of carbonyl (C=O) groups is 1. The van der Waals surface area contributed by atoms with E-state index in [0.717, 1.165) is 25.2 Å². The van der Waals surface area contributed by atoms with Crippen LogP contribution in [-0.4, -0.2) is 47.5 Å². The molecule has 2 aromatic rings. The van der Waals surface area contributed by atoms with Crippen LogP contribution in [0.1, 0.15) is 40.9 Å². The van der Waals surface area contributed by atoms with E-state index in [-0.39, 0.29) is 24.7 Å². The first kappa shape index (κ1) is 21.1. The monoisotopic (exact) mass is 390 g/mol. The Kier molecular flexibility index (Phi) is 7.09. The fraction of sp³-hybridized carbons (Fsp3) is 0.400. The number of carbonyl (C=O) groups excluding carboxylic acids is 1. The summed E-state index contributed by atoms with van der Waals surface area (Å²) in [5.74, 6) is 2.57. The van der Waals surface area contributed by atoms with Gasteiger partial charge in [0.2, 0.25) is 0 Å². The molecule has 0 bridgehead atoms. The molecule has 1 amide bonds. The van der Waals surface area contributed by atoms with Crippen molar-refractivity contribution in [3.8, 4) is 12.3 Å². The number of benzene rings is 2. The molecule has 1 heterocycles. The molecule has 2 aromatic carbocycles. The van der Waals surface area contributed by atoms with Crippen LogP contribution in [-0.2, 0) is 17.8 Å². The first-order valence-corrected chi connectivity index (χ1v) is 10.2. The van der Waals surface area contributed by atoms with Gasteiger partial charge in [-0.15, -0.1) is 6.42 Å². The molecule has 4 heteroatoms. The van der Waals surface area contributed by atoms with Crippen LogP contribution in [0.25, 0.3) is 0 Å². The summed E-state index contributed by atoms with van der Waals surface area (Å²) in [4.78, 5) is 17.1. The van der Waals surface area contributed by atoms with Gasteiger partial charge in [0.1, 0.15) is 0 Å². The van der Waals surface area contributed by atoms with Gasteiger partial charge in [-0.05, 0) is 44.0 Å².